The van der Waals surface area contributed by atoms with Crippen LogP contribution in [-0.2, 0) is 4.79 Å². The number of hydrogen-bond acceptors (Lipinski definition) is 4. The van der Waals surface area contributed by atoms with Gasteiger partial charge in [0, 0.05) is 0 Å². The Hall–Kier alpha value is -0.650. The van der Waals surface area contributed by atoms with Crippen LogP contribution in [0.1, 0.15) is 6.92 Å². The first-order valence-electron chi connectivity index (χ1n) is 2.31. The van der Waals surface area contributed by atoms with E-state index in [0.29, 0.717) is 0 Å². The van der Waals surface area contributed by atoms with Crippen LogP contribution < -0.4 is 5.73 Å². The summed E-state index contributed by atoms with van der Waals surface area (Å²) in [6, 6.07) is 0. The van der Waals surface area contributed by atoms with E-state index in [1.165, 1.54) is 0 Å². The molecule has 0 fully saturated rings. The molecule has 0 saturated carbocycles. The number of aliphatic hydroxyl groups excluding tert-OH is 1. The fraction of sp³-hybridized carbons (Fsp3) is 0.750. The number of carbonyl (C=O) groups is 1. The van der Waals surface area contributed by atoms with E-state index in [9.17, 15) is 4.79 Å². The highest BCUT2D eigenvalue weighted by atomic mass is 16.4. The molecule has 0 aromatic carbocycles. The van der Waals surface area contributed by atoms with Crippen molar-refractivity contribution in [3.05, 3.63) is 0 Å². The average Bonchev–Trinajstić information content (AvgIpc) is 1.65. The van der Waals surface area contributed by atoms with Crippen LogP contribution in [0.3, 0.4) is 0 Å². The number of nitrogens with two attached hydrogens (primary N) is 1. The van der Waals surface area contributed by atoms with E-state index < -0.39 is 17.8 Å². The smallest absolute Gasteiger partial charge is 0.353 e. The highest BCUT2D eigenvalue weighted by molar-refractivity contribution is 5.76. The zero-order valence-electron chi connectivity index (χ0n) is 4.90. The lowest BCUT2D eigenvalue weighted by atomic mass is 10.1. The number of hydrogen-bond donors (Lipinski definition) is 4. The van der Waals surface area contributed by atoms with Crippen LogP contribution in [0.5, 0.6) is 0 Å². The van der Waals surface area contributed by atoms with E-state index in [1.54, 1.807) is 0 Å². The largest absolute Gasteiger partial charge is 0.478 e. The SMILES string of the molecule is C[C@@H](O)[C@@](N)(O)C(=O)O. The zero-order chi connectivity index (χ0) is 7.65. The summed E-state index contributed by atoms with van der Waals surface area (Å²) in [6.07, 6.45) is -1.48. The Morgan fingerprint density at radius 1 is 1.78 bits per heavy atom. The number of carboxylic acid groups (broad SMARTS) is 1. The zero-order valence-corrected chi connectivity index (χ0v) is 4.90. The summed E-state index contributed by atoms with van der Waals surface area (Å²) in [5.74, 6) is -1.64. The lowest BCUT2D eigenvalue weighted by Gasteiger charge is -2.19. The molecule has 5 nitrogen and oxygen atoms in total. The number of aliphatic hydroxyl groups is 2. The maximum atomic E-state index is 9.93. The molecule has 0 heterocycles. The molecular formula is C4H9NO4. The highest BCUT2D eigenvalue weighted by Gasteiger charge is 2.36. The maximum Gasteiger partial charge on any atom is 0.353 e. The predicted molar refractivity (Wildman–Crippen MR) is 28.5 cm³/mol. The van der Waals surface area contributed by atoms with Crippen LogP contribution in [0.4, 0.5) is 0 Å². The van der Waals surface area contributed by atoms with E-state index in [-0.39, 0.29) is 0 Å². The lowest BCUT2D eigenvalue weighted by molar-refractivity contribution is -0.169. The summed E-state index contributed by atoms with van der Waals surface area (Å²) in [5, 5.41) is 25.2. The van der Waals surface area contributed by atoms with Gasteiger partial charge in [-0.3, -0.25) is 5.73 Å². The maximum absolute atomic E-state index is 9.93. The third-order valence-corrected chi connectivity index (χ3v) is 0.980. The molecule has 0 radical (unpaired) electrons. The van der Waals surface area contributed by atoms with Crippen LogP contribution in [0.25, 0.3) is 0 Å². The molecule has 0 unspecified atom stereocenters. The van der Waals surface area contributed by atoms with Gasteiger partial charge < -0.3 is 15.3 Å². The van der Waals surface area contributed by atoms with Gasteiger partial charge in [-0.2, -0.15) is 0 Å². The molecule has 0 rings (SSSR count). The minimum atomic E-state index is -2.53. The van der Waals surface area contributed by atoms with Crippen LogP contribution in [0, 0.1) is 0 Å². The van der Waals surface area contributed by atoms with Crippen molar-refractivity contribution in [3.63, 3.8) is 0 Å². The van der Waals surface area contributed by atoms with Crippen molar-refractivity contribution in [1.29, 1.82) is 0 Å². The molecule has 0 bridgehead atoms. The molecule has 0 aliphatic heterocycles. The van der Waals surface area contributed by atoms with E-state index in [4.69, 9.17) is 21.1 Å². The molecule has 9 heavy (non-hydrogen) atoms. The van der Waals surface area contributed by atoms with E-state index in [1.807, 2.05) is 0 Å². The summed E-state index contributed by atoms with van der Waals surface area (Å²) in [5.41, 5.74) is 2.18. The molecule has 5 heteroatoms. The van der Waals surface area contributed by atoms with Gasteiger partial charge in [0.05, 0.1) is 0 Å². The summed E-state index contributed by atoms with van der Waals surface area (Å²) < 4.78 is 0. The lowest BCUT2D eigenvalue weighted by Crippen LogP contribution is -2.56. The first-order chi connectivity index (χ1) is 3.89. The molecular weight excluding hydrogens is 126 g/mol. The van der Waals surface area contributed by atoms with Crippen molar-refractivity contribution in [2.45, 2.75) is 18.8 Å². The molecule has 0 saturated heterocycles. The van der Waals surface area contributed by atoms with Crippen LogP contribution >= 0.6 is 0 Å². The van der Waals surface area contributed by atoms with Crippen molar-refractivity contribution >= 4 is 5.97 Å². The molecule has 0 spiro atoms. The second-order valence-corrected chi connectivity index (χ2v) is 1.81. The van der Waals surface area contributed by atoms with Crippen LogP contribution in [0.2, 0.25) is 0 Å². The third kappa shape index (κ3) is 1.63. The minimum absolute atomic E-state index is 1.09. The van der Waals surface area contributed by atoms with Crippen molar-refractivity contribution in [2.24, 2.45) is 5.73 Å². The van der Waals surface area contributed by atoms with Gasteiger partial charge in [-0.05, 0) is 6.92 Å². The van der Waals surface area contributed by atoms with Crippen molar-refractivity contribution in [3.8, 4) is 0 Å². The van der Waals surface area contributed by atoms with E-state index in [0.717, 1.165) is 6.92 Å². The molecule has 2 atom stereocenters. The van der Waals surface area contributed by atoms with Crippen LogP contribution in [-0.4, -0.2) is 33.1 Å². The van der Waals surface area contributed by atoms with Gasteiger partial charge in [0.1, 0.15) is 6.10 Å². The summed E-state index contributed by atoms with van der Waals surface area (Å²) >= 11 is 0. The third-order valence-electron chi connectivity index (χ3n) is 0.980. The quantitative estimate of drug-likeness (QED) is 0.331. The average molecular weight is 135 g/mol. The van der Waals surface area contributed by atoms with Gasteiger partial charge in [0.15, 0.2) is 0 Å². The van der Waals surface area contributed by atoms with Crippen molar-refractivity contribution in [2.75, 3.05) is 0 Å². The van der Waals surface area contributed by atoms with Crippen molar-refractivity contribution < 1.29 is 20.1 Å². The normalized spacial score (nSPS) is 20.4. The Kier molecular flexibility index (Phi) is 2.13. The summed E-state index contributed by atoms with van der Waals surface area (Å²) in [4.78, 5) is 9.93. The monoisotopic (exact) mass is 135 g/mol. The van der Waals surface area contributed by atoms with Gasteiger partial charge in [-0.25, -0.2) is 4.79 Å². The number of carboxylic acids is 1. The fourth-order valence-corrected chi connectivity index (χ4v) is 0.179. The molecule has 0 aliphatic carbocycles. The Morgan fingerprint density at radius 2 is 2.11 bits per heavy atom. The topological polar surface area (TPSA) is 104 Å². The fourth-order valence-electron chi connectivity index (χ4n) is 0.179. The molecule has 0 aromatic rings. The van der Waals surface area contributed by atoms with Gasteiger partial charge >= 0.3 is 5.97 Å². The minimum Gasteiger partial charge on any atom is -0.478 e. The predicted octanol–water partition coefficient (Wildman–Crippen LogP) is -1.90. The Labute approximate surface area is 51.7 Å². The second kappa shape index (κ2) is 2.30. The van der Waals surface area contributed by atoms with E-state index >= 15 is 0 Å². The molecule has 0 aromatic heterocycles. The van der Waals surface area contributed by atoms with Gasteiger partial charge in [0.2, 0.25) is 5.72 Å². The first-order valence-corrected chi connectivity index (χ1v) is 2.31. The molecule has 54 valence electrons. The van der Waals surface area contributed by atoms with E-state index in [2.05, 4.69) is 0 Å². The number of aliphatic carboxylic acids is 1. The molecule has 5 N–H and O–H groups in total. The standard InChI is InChI=1S/C4H9NO4/c1-2(6)4(5,9)3(7)8/h2,6,9H,5H2,1H3,(H,7,8)/t2-,4-/m1/s1. The number of rotatable bonds is 2. The van der Waals surface area contributed by atoms with Crippen LogP contribution in [0.15, 0.2) is 0 Å². The Morgan fingerprint density at radius 3 is 2.11 bits per heavy atom. The second-order valence-electron chi connectivity index (χ2n) is 1.81. The summed E-state index contributed by atoms with van der Waals surface area (Å²) in [7, 11) is 0. The highest BCUT2D eigenvalue weighted by Crippen LogP contribution is 2.00. The Balaban J connectivity index is 4.19. The molecule has 0 amide bonds. The van der Waals surface area contributed by atoms with Gasteiger partial charge in [-0.15, -0.1) is 0 Å². The summed E-state index contributed by atoms with van der Waals surface area (Å²) in [6.45, 7) is 1.09. The van der Waals surface area contributed by atoms with Gasteiger partial charge in [0.25, 0.3) is 0 Å². The Bertz CT molecular complexity index is 120. The van der Waals surface area contributed by atoms with Crippen molar-refractivity contribution in [1.82, 2.24) is 0 Å². The van der Waals surface area contributed by atoms with Gasteiger partial charge in [-0.1, -0.05) is 0 Å². The molecule has 0 aliphatic rings. The first kappa shape index (κ1) is 8.35.